The number of aryl methyl sites for hydroxylation is 1. The molecule has 2 N–H and O–H groups in total. The average molecular weight is 518 g/mol. The minimum atomic E-state index is -5.08. The first-order valence-corrected chi connectivity index (χ1v) is 11.3. The number of furan rings is 1. The zero-order valence-electron chi connectivity index (χ0n) is 20.0. The number of carbonyl (C=O) groups excluding carboxylic acids is 2. The van der Waals surface area contributed by atoms with Crippen LogP contribution in [0.1, 0.15) is 32.0 Å². The number of piperazine rings is 1. The maximum Gasteiger partial charge on any atom is 0.490 e. The summed E-state index contributed by atoms with van der Waals surface area (Å²) in [6.45, 7) is 5.83. The maximum absolute atomic E-state index is 12.7. The summed E-state index contributed by atoms with van der Waals surface area (Å²) in [7, 11) is 0. The van der Waals surface area contributed by atoms with Gasteiger partial charge in [-0.1, -0.05) is 29.8 Å². The average Bonchev–Trinajstić information content (AvgIpc) is 3.40. The lowest BCUT2D eigenvalue weighted by Crippen LogP contribution is -2.48. The van der Waals surface area contributed by atoms with Crippen LogP contribution in [0.5, 0.6) is 0 Å². The largest absolute Gasteiger partial charge is 0.490 e. The lowest BCUT2D eigenvalue weighted by molar-refractivity contribution is -0.192. The molecular weight excluding hydrogens is 491 g/mol. The van der Waals surface area contributed by atoms with Crippen molar-refractivity contribution < 1.29 is 37.1 Å². The predicted octanol–water partition coefficient (Wildman–Crippen LogP) is 4.43. The van der Waals surface area contributed by atoms with Gasteiger partial charge in [0.2, 0.25) is 0 Å². The van der Waals surface area contributed by atoms with Crippen molar-refractivity contribution >= 4 is 23.5 Å². The minimum Gasteiger partial charge on any atom is -0.475 e. The van der Waals surface area contributed by atoms with Gasteiger partial charge in [0.15, 0.2) is 5.76 Å². The molecule has 0 unspecified atom stereocenters. The second kappa shape index (κ2) is 12.2. The van der Waals surface area contributed by atoms with Crippen LogP contribution in [0.3, 0.4) is 0 Å². The molecule has 1 aliphatic rings. The van der Waals surface area contributed by atoms with Crippen molar-refractivity contribution in [2.24, 2.45) is 0 Å². The summed E-state index contributed by atoms with van der Waals surface area (Å²) in [6.07, 6.45) is -3.60. The van der Waals surface area contributed by atoms with Gasteiger partial charge < -0.3 is 19.7 Å². The molecule has 1 aliphatic heterocycles. The molecule has 3 aromatic rings. The number of rotatable bonds is 5. The zero-order valence-corrected chi connectivity index (χ0v) is 20.0. The van der Waals surface area contributed by atoms with Gasteiger partial charge in [-0.3, -0.25) is 14.5 Å². The highest BCUT2D eigenvalue weighted by molar-refractivity contribution is 6.02. The van der Waals surface area contributed by atoms with E-state index < -0.39 is 12.1 Å². The Morgan fingerprint density at radius 1 is 0.973 bits per heavy atom. The first-order chi connectivity index (χ1) is 17.5. The summed E-state index contributed by atoms with van der Waals surface area (Å²) in [5, 5.41) is 9.99. The Morgan fingerprint density at radius 2 is 1.65 bits per heavy atom. The van der Waals surface area contributed by atoms with Gasteiger partial charge in [0.05, 0.1) is 6.26 Å². The highest BCUT2D eigenvalue weighted by Gasteiger charge is 2.38. The number of hydrogen-bond donors (Lipinski definition) is 2. The van der Waals surface area contributed by atoms with Crippen molar-refractivity contribution in [1.29, 1.82) is 0 Å². The number of hydrogen-bond acceptors (Lipinski definition) is 5. The number of halogens is 3. The van der Waals surface area contributed by atoms with E-state index in [1.165, 1.54) is 6.26 Å². The van der Waals surface area contributed by atoms with Crippen LogP contribution < -0.4 is 5.32 Å². The number of amides is 2. The van der Waals surface area contributed by atoms with Crippen LogP contribution in [-0.2, 0) is 11.3 Å². The highest BCUT2D eigenvalue weighted by atomic mass is 19.4. The fourth-order valence-corrected chi connectivity index (χ4v) is 3.68. The molecule has 8 nitrogen and oxygen atoms in total. The van der Waals surface area contributed by atoms with Gasteiger partial charge in [0.1, 0.15) is 0 Å². The van der Waals surface area contributed by atoms with E-state index in [4.69, 9.17) is 14.3 Å². The van der Waals surface area contributed by atoms with Gasteiger partial charge in [-0.2, -0.15) is 13.2 Å². The van der Waals surface area contributed by atoms with Crippen molar-refractivity contribution in [2.75, 3.05) is 31.5 Å². The van der Waals surface area contributed by atoms with E-state index in [9.17, 15) is 22.8 Å². The Bertz CT molecular complexity index is 1220. The number of anilines is 1. The van der Waals surface area contributed by atoms with Crippen LogP contribution in [-0.4, -0.2) is 65.0 Å². The lowest BCUT2D eigenvalue weighted by atomic mass is 10.1. The quantitative estimate of drug-likeness (QED) is 0.519. The fraction of sp³-hybridized carbons (Fsp3) is 0.269. The normalized spacial score (nSPS) is 13.9. The molecule has 2 heterocycles. The third kappa shape index (κ3) is 8.21. The van der Waals surface area contributed by atoms with E-state index in [0.29, 0.717) is 13.1 Å². The highest BCUT2D eigenvalue weighted by Crippen LogP contribution is 2.17. The second-order valence-electron chi connectivity index (χ2n) is 8.37. The number of carbonyl (C=O) groups is 3. The van der Waals surface area contributed by atoms with E-state index in [-0.39, 0.29) is 17.6 Å². The molecule has 0 aliphatic carbocycles. The Hall–Kier alpha value is -4.12. The van der Waals surface area contributed by atoms with Gasteiger partial charge in [-0.15, -0.1) is 0 Å². The van der Waals surface area contributed by atoms with Crippen molar-refractivity contribution in [2.45, 2.75) is 19.6 Å². The molecular formula is C26H26F3N3O5. The van der Waals surface area contributed by atoms with Crippen LogP contribution in [0.15, 0.2) is 71.3 Å². The van der Waals surface area contributed by atoms with Crippen molar-refractivity contribution in [1.82, 2.24) is 9.80 Å². The molecule has 0 saturated carbocycles. The summed E-state index contributed by atoms with van der Waals surface area (Å²) in [6, 6.07) is 18.9. The molecule has 0 bridgehead atoms. The van der Waals surface area contributed by atoms with Crippen molar-refractivity contribution in [3.8, 4) is 0 Å². The van der Waals surface area contributed by atoms with Crippen molar-refractivity contribution in [3.05, 3.63) is 89.4 Å². The standard InChI is InChI=1S/C24H25N3O3.C2HF3O2/c1-18-5-2-7-20(15-18)24(29)27-12-10-26(11-13-27)17-19-6-3-8-21(16-19)25-23(28)22-9-4-14-30-22;3-2(4,5)1(6)7/h2-9,14-16H,10-13,17H2,1H3,(H,25,28);(H,6,7). The van der Waals surface area contributed by atoms with E-state index in [1.807, 2.05) is 60.4 Å². The SMILES string of the molecule is Cc1cccc(C(=O)N2CCN(Cc3cccc(NC(=O)c4ccco4)c3)CC2)c1.O=C(O)C(F)(F)F. The number of nitrogens with one attached hydrogen (secondary N) is 1. The second-order valence-corrected chi connectivity index (χ2v) is 8.37. The molecule has 0 radical (unpaired) electrons. The summed E-state index contributed by atoms with van der Waals surface area (Å²) in [5.41, 5.74) is 3.70. The lowest BCUT2D eigenvalue weighted by Gasteiger charge is -2.35. The number of aliphatic carboxylic acids is 1. The topological polar surface area (TPSA) is 103 Å². The zero-order chi connectivity index (χ0) is 27.0. The predicted molar refractivity (Wildman–Crippen MR) is 129 cm³/mol. The molecule has 2 amide bonds. The molecule has 4 rings (SSSR count). The summed E-state index contributed by atoms with van der Waals surface area (Å²) in [4.78, 5) is 38.0. The molecule has 1 aromatic heterocycles. The molecule has 196 valence electrons. The number of nitrogens with zero attached hydrogens (tertiary/aromatic N) is 2. The van der Waals surface area contributed by atoms with Gasteiger partial charge in [0.25, 0.3) is 11.8 Å². The van der Waals surface area contributed by atoms with Crippen LogP contribution in [0.2, 0.25) is 0 Å². The Morgan fingerprint density at radius 3 is 2.24 bits per heavy atom. The number of carboxylic acids is 1. The first-order valence-electron chi connectivity index (χ1n) is 11.3. The van der Waals surface area contributed by atoms with Gasteiger partial charge in [0, 0.05) is 44.0 Å². The van der Waals surface area contributed by atoms with Gasteiger partial charge >= 0.3 is 12.1 Å². The first kappa shape index (κ1) is 27.5. The van der Waals surface area contributed by atoms with E-state index in [0.717, 1.165) is 42.0 Å². The van der Waals surface area contributed by atoms with Crippen molar-refractivity contribution in [3.63, 3.8) is 0 Å². The third-order valence-corrected chi connectivity index (χ3v) is 5.50. The third-order valence-electron chi connectivity index (χ3n) is 5.50. The number of carboxylic acid groups (broad SMARTS) is 1. The molecule has 11 heteroatoms. The summed E-state index contributed by atoms with van der Waals surface area (Å²) >= 11 is 0. The molecule has 0 atom stereocenters. The molecule has 0 spiro atoms. The summed E-state index contributed by atoms with van der Waals surface area (Å²) in [5.74, 6) is -2.64. The van der Waals surface area contributed by atoms with Gasteiger partial charge in [-0.05, 0) is 48.9 Å². The van der Waals surface area contributed by atoms with Crippen LogP contribution >= 0.6 is 0 Å². The Balaban J connectivity index is 0.000000479. The molecule has 1 fully saturated rings. The Kier molecular flexibility index (Phi) is 9.07. The molecule has 1 saturated heterocycles. The Labute approximate surface area is 211 Å². The fourth-order valence-electron chi connectivity index (χ4n) is 3.68. The monoisotopic (exact) mass is 517 g/mol. The van der Waals surface area contributed by atoms with Crippen LogP contribution in [0.25, 0.3) is 0 Å². The van der Waals surface area contributed by atoms with E-state index in [1.54, 1.807) is 12.1 Å². The van der Waals surface area contributed by atoms with Crippen LogP contribution in [0.4, 0.5) is 18.9 Å². The number of alkyl halides is 3. The molecule has 2 aromatic carbocycles. The van der Waals surface area contributed by atoms with E-state index >= 15 is 0 Å². The summed E-state index contributed by atoms with van der Waals surface area (Å²) < 4.78 is 36.9. The van der Waals surface area contributed by atoms with E-state index in [2.05, 4.69) is 10.2 Å². The molecule has 37 heavy (non-hydrogen) atoms. The smallest absolute Gasteiger partial charge is 0.475 e. The minimum absolute atomic E-state index is 0.0981. The van der Waals surface area contributed by atoms with Gasteiger partial charge in [-0.25, -0.2) is 4.79 Å². The number of benzene rings is 2. The van der Waals surface area contributed by atoms with Crippen LogP contribution in [0, 0.1) is 6.92 Å². The maximum atomic E-state index is 12.7.